The van der Waals surface area contributed by atoms with E-state index in [-0.39, 0.29) is 30.3 Å². The SMILES string of the molecule is CC(C)(C)NC(=O)C[C@H](N)CC=O. The van der Waals surface area contributed by atoms with Crippen LogP contribution in [0.4, 0.5) is 0 Å². The summed E-state index contributed by atoms with van der Waals surface area (Å²) in [6, 6.07) is -0.361. The molecule has 1 atom stereocenters. The molecule has 0 bridgehead atoms. The maximum atomic E-state index is 11.2. The predicted molar refractivity (Wildman–Crippen MR) is 51.2 cm³/mol. The third-order valence-corrected chi connectivity index (χ3v) is 1.36. The summed E-state index contributed by atoms with van der Waals surface area (Å²) in [5.41, 5.74) is 5.27. The molecule has 4 heteroatoms. The maximum absolute atomic E-state index is 11.2. The topological polar surface area (TPSA) is 72.2 Å². The van der Waals surface area contributed by atoms with Crippen LogP contribution in [0.1, 0.15) is 33.6 Å². The van der Waals surface area contributed by atoms with Crippen molar-refractivity contribution in [3.63, 3.8) is 0 Å². The van der Waals surface area contributed by atoms with E-state index >= 15 is 0 Å². The molecule has 0 aliphatic heterocycles. The van der Waals surface area contributed by atoms with Gasteiger partial charge in [-0.25, -0.2) is 0 Å². The Kier molecular flexibility index (Phi) is 4.62. The van der Waals surface area contributed by atoms with Gasteiger partial charge in [0.25, 0.3) is 0 Å². The van der Waals surface area contributed by atoms with Gasteiger partial charge in [0.1, 0.15) is 6.29 Å². The number of hydrogen-bond donors (Lipinski definition) is 2. The zero-order valence-corrected chi connectivity index (χ0v) is 8.46. The largest absolute Gasteiger partial charge is 0.351 e. The highest BCUT2D eigenvalue weighted by atomic mass is 16.1. The first-order valence-corrected chi connectivity index (χ1v) is 4.35. The summed E-state index contributed by atoms with van der Waals surface area (Å²) in [6.07, 6.45) is 1.17. The van der Waals surface area contributed by atoms with E-state index in [2.05, 4.69) is 5.32 Å². The van der Waals surface area contributed by atoms with E-state index in [4.69, 9.17) is 5.73 Å². The molecule has 0 saturated heterocycles. The van der Waals surface area contributed by atoms with Crippen molar-refractivity contribution in [3.05, 3.63) is 0 Å². The van der Waals surface area contributed by atoms with E-state index in [1.807, 2.05) is 20.8 Å². The summed E-state index contributed by atoms with van der Waals surface area (Å²) in [4.78, 5) is 21.3. The van der Waals surface area contributed by atoms with Gasteiger partial charge in [-0.05, 0) is 20.8 Å². The predicted octanol–water partition coefficient (Wildman–Crippen LogP) is 0.208. The number of rotatable bonds is 4. The van der Waals surface area contributed by atoms with Crippen LogP contribution in [0.15, 0.2) is 0 Å². The average Bonchev–Trinajstić information content (AvgIpc) is 1.81. The van der Waals surface area contributed by atoms with Crippen LogP contribution in [0.5, 0.6) is 0 Å². The van der Waals surface area contributed by atoms with E-state index in [1.54, 1.807) is 0 Å². The molecule has 0 aromatic carbocycles. The van der Waals surface area contributed by atoms with Crippen LogP contribution < -0.4 is 11.1 Å². The van der Waals surface area contributed by atoms with Gasteiger partial charge in [-0.2, -0.15) is 0 Å². The molecule has 0 saturated carbocycles. The highest BCUT2D eigenvalue weighted by Gasteiger charge is 2.15. The van der Waals surface area contributed by atoms with Gasteiger partial charge in [0, 0.05) is 24.4 Å². The van der Waals surface area contributed by atoms with Crippen molar-refractivity contribution in [1.29, 1.82) is 0 Å². The smallest absolute Gasteiger partial charge is 0.221 e. The number of carbonyl (C=O) groups excluding carboxylic acids is 2. The minimum atomic E-state index is -0.361. The van der Waals surface area contributed by atoms with E-state index in [1.165, 1.54) is 0 Å². The highest BCUT2D eigenvalue weighted by molar-refractivity contribution is 5.77. The Hall–Kier alpha value is -0.900. The van der Waals surface area contributed by atoms with Crippen LogP contribution >= 0.6 is 0 Å². The van der Waals surface area contributed by atoms with Crippen molar-refractivity contribution < 1.29 is 9.59 Å². The second kappa shape index (κ2) is 4.97. The fourth-order valence-corrected chi connectivity index (χ4v) is 0.914. The second-order valence-corrected chi connectivity index (χ2v) is 4.16. The standard InChI is InChI=1S/C9H18N2O2/c1-9(2,3)11-8(13)6-7(10)4-5-12/h5,7H,4,6,10H2,1-3H3,(H,11,13)/t7-/m1/s1. The quantitative estimate of drug-likeness (QED) is 0.616. The van der Waals surface area contributed by atoms with Gasteiger partial charge < -0.3 is 15.8 Å². The van der Waals surface area contributed by atoms with Crippen LogP contribution in [0.2, 0.25) is 0 Å². The Labute approximate surface area is 78.9 Å². The van der Waals surface area contributed by atoms with Crippen LogP contribution in [0.3, 0.4) is 0 Å². The van der Waals surface area contributed by atoms with Crippen LogP contribution in [0.25, 0.3) is 0 Å². The number of nitrogens with two attached hydrogens (primary N) is 1. The third kappa shape index (κ3) is 7.46. The first-order valence-electron chi connectivity index (χ1n) is 4.35. The van der Waals surface area contributed by atoms with Crippen molar-refractivity contribution in [2.45, 2.75) is 45.2 Å². The molecule has 0 heterocycles. The number of aldehydes is 1. The minimum Gasteiger partial charge on any atom is -0.351 e. The van der Waals surface area contributed by atoms with E-state index < -0.39 is 0 Å². The molecule has 0 unspecified atom stereocenters. The highest BCUT2D eigenvalue weighted by Crippen LogP contribution is 2.00. The average molecular weight is 186 g/mol. The van der Waals surface area contributed by atoms with E-state index in [0.717, 1.165) is 6.29 Å². The van der Waals surface area contributed by atoms with Gasteiger partial charge in [0.2, 0.25) is 5.91 Å². The third-order valence-electron chi connectivity index (χ3n) is 1.36. The molecule has 1 amide bonds. The maximum Gasteiger partial charge on any atom is 0.221 e. The van der Waals surface area contributed by atoms with Gasteiger partial charge in [0.15, 0.2) is 0 Å². The summed E-state index contributed by atoms with van der Waals surface area (Å²) >= 11 is 0. The first-order chi connectivity index (χ1) is 5.85. The monoisotopic (exact) mass is 186 g/mol. The Morgan fingerprint density at radius 3 is 2.46 bits per heavy atom. The van der Waals surface area contributed by atoms with E-state index in [9.17, 15) is 9.59 Å². The lowest BCUT2D eigenvalue weighted by Crippen LogP contribution is -2.43. The zero-order chi connectivity index (χ0) is 10.5. The molecule has 0 aromatic rings. The lowest BCUT2D eigenvalue weighted by Gasteiger charge is -2.21. The molecule has 76 valence electrons. The Balaban J connectivity index is 3.81. The molecule has 4 nitrogen and oxygen atoms in total. The molecular formula is C9H18N2O2. The molecule has 0 rings (SSSR count). The summed E-state index contributed by atoms with van der Waals surface area (Å²) in [7, 11) is 0. The Morgan fingerprint density at radius 2 is 2.08 bits per heavy atom. The number of hydrogen-bond acceptors (Lipinski definition) is 3. The molecule has 0 fully saturated rings. The van der Waals surface area contributed by atoms with Crippen LogP contribution in [0, 0.1) is 0 Å². The Morgan fingerprint density at radius 1 is 1.54 bits per heavy atom. The van der Waals surface area contributed by atoms with Gasteiger partial charge in [-0.3, -0.25) is 4.79 Å². The number of nitrogens with one attached hydrogen (secondary N) is 1. The number of carbonyl (C=O) groups is 2. The summed E-state index contributed by atoms with van der Waals surface area (Å²) < 4.78 is 0. The minimum absolute atomic E-state index is 0.109. The van der Waals surface area contributed by atoms with Gasteiger partial charge in [-0.15, -0.1) is 0 Å². The summed E-state index contributed by atoms with van der Waals surface area (Å²) in [6.45, 7) is 5.70. The fourth-order valence-electron chi connectivity index (χ4n) is 0.914. The van der Waals surface area contributed by atoms with Crippen molar-refractivity contribution in [3.8, 4) is 0 Å². The normalized spacial score (nSPS) is 13.5. The number of amides is 1. The molecule has 0 spiro atoms. The fraction of sp³-hybridized carbons (Fsp3) is 0.778. The van der Waals surface area contributed by atoms with Gasteiger partial charge in [0.05, 0.1) is 0 Å². The Bertz CT molecular complexity index is 185. The van der Waals surface area contributed by atoms with Crippen molar-refractivity contribution in [1.82, 2.24) is 5.32 Å². The molecule has 0 radical (unpaired) electrons. The summed E-state index contributed by atoms with van der Waals surface area (Å²) in [5.74, 6) is -0.109. The molecule has 13 heavy (non-hydrogen) atoms. The zero-order valence-electron chi connectivity index (χ0n) is 8.46. The summed E-state index contributed by atoms with van der Waals surface area (Å²) in [5, 5.41) is 2.77. The van der Waals surface area contributed by atoms with Crippen LogP contribution in [-0.2, 0) is 9.59 Å². The van der Waals surface area contributed by atoms with Crippen molar-refractivity contribution in [2.75, 3.05) is 0 Å². The lowest BCUT2D eigenvalue weighted by molar-refractivity contribution is -0.122. The van der Waals surface area contributed by atoms with Crippen LogP contribution in [-0.4, -0.2) is 23.8 Å². The lowest BCUT2D eigenvalue weighted by atomic mass is 10.1. The van der Waals surface area contributed by atoms with Crippen molar-refractivity contribution in [2.24, 2.45) is 5.73 Å². The van der Waals surface area contributed by atoms with Gasteiger partial charge in [-0.1, -0.05) is 0 Å². The van der Waals surface area contributed by atoms with Gasteiger partial charge >= 0.3 is 0 Å². The molecule has 0 aromatic heterocycles. The molecule has 3 N–H and O–H groups in total. The second-order valence-electron chi connectivity index (χ2n) is 4.16. The molecule has 0 aliphatic carbocycles. The van der Waals surface area contributed by atoms with E-state index in [0.29, 0.717) is 0 Å². The van der Waals surface area contributed by atoms with Crippen molar-refractivity contribution >= 4 is 12.2 Å². The first kappa shape index (κ1) is 12.1. The molecule has 0 aliphatic rings. The molecular weight excluding hydrogens is 168 g/mol.